The third-order valence-corrected chi connectivity index (χ3v) is 7.72. The lowest BCUT2D eigenvalue weighted by Gasteiger charge is -2.43. The van der Waals surface area contributed by atoms with E-state index in [2.05, 4.69) is 46.4 Å². The molecule has 6 atom stereocenters. The van der Waals surface area contributed by atoms with Crippen molar-refractivity contribution >= 4 is 6.29 Å². The lowest BCUT2D eigenvalue weighted by Crippen LogP contribution is -2.36. The van der Waals surface area contributed by atoms with E-state index in [1.165, 1.54) is 62.4 Å². The van der Waals surface area contributed by atoms with Crippen LogP contribution in [0.5, 0.6) is 0 Å². The van der Waals surface area contributed by atoms with Gasteiger partial charge < -0.3 is 4.79 Å². The molecule has 25 heavy (non-hydrogen) atoms. The summed E-state index contributed by atoms with van der Waals surface area (Å²) < 4.78 is 0. The van der Waals surface area contributed by atoms with E-state index >= 15 is 0 Å². The van der Waals surface area contributed by atoms with Gasteiger partial charge in [0.1, 0.15) is 6.29 Å². The second kappa shape index (κ2) is 7.25. The molecule has 0 spiro atoms. The minimum atomic E-state index is 0.201. The maximum Gasteiger partial charge on any atom is 0.123 e. The van der Waals surface area contributed by atoms with Crippen molar-refractivity contribution < 1.29 is 4.79 Å². The van der Waals surface area contributed by atoms with Crippen LogP contribution in [-0.2, 0) is 4.79 Å². The Labute approximate surface area is 154 Å². The van der Waals surface area contributed by atoms with Crippen LogP contribution in [-0.4, -0.2) is 6.29 Å². The Kier molecular flexibility index (Phi) is 5.42. The van der Waals surface area contributed by atoms with E-state index in [1.807, 2.05) is 0 Å². The molecule has 3 aliphatic rings. The standard InChI is InChI=1S/C24H36O/c1-16-13-17(2)19(4)21(14-16)9-8-20-7-6-12-24(5)22(18(3)15-25)10-11-23(20)24/h8-9,15-18,22-23H,4,6-7,10-14H2,1-3,5H3/b20-8+,21-9-/t16?,17-,18+,22?,23-,24+/m0/s1. The Bertz CT molecular complexity index is 595. The summed E-state index contributed by atoms with van der Waals surface area (Å²) in [4.78, 5) is 11.4. The van der Waals surface area contributed by atoms with Crippen LogP contribution >= 0.6 is 0 Å². The SMILES string of the molecule is C=C1/C(=C\C=C2/CCC[C@]3(C)C([C@H](C)C=O)CC[C@@H]23)CC(C)C[C@@H]1C. The number of carbonyl (C=O) groups is 1. The van der Waals surface area contributed by atoms with Crippen molar-refractivity contribution in [3.8, 4) is 0 Å². The Balaban J connectivity index is 1.83. The summed E-state index contributed by atoms with van der Waals surface area (Å²) in [6.45, 7) is 13.6. The molecule has 0 saturated heterocycles. The first-order chi connectivity index (χ1) is 11.9. The largest absolute Gasteiger partial charge is 0.303 e. The van der Waals surface area contributed by atoms with Crippen molar-refractivity contribution in [2.45, 2.75) is 72.6 Å². The topological polar surface area (TPSA) is 17.1 Å². The molecular formula is C24H36O. The van der Waals surface area contributed by atoms with Gasteiger partial charge in [-0.25, -0.2) is 0 Å². The van der Waals surface area contributed by atoms with E-state index in [4.69, 9.17) is 0 Å². The van der Waals surface area contributed by atoms with E-state index in [0.29, 0.717) is 23.2 Å². The average Bonchev–Trinajstić information content (AvgIpc) is 2.93. The number of rotatable bonds is 3. The maximum atomic E-state index is 11.4. The molecule has 0 N–H and O–H groups in total. The first-order valence-electron chi connectivity index (χ1n) is 10.4. The van der Waals surface area contributed by atoms with Crippen molar-refractivity contribution in [1.82, 2.24) is 0 Å². The van der Waals surface area contributed by atoms with Gasteiger partial charge in [-0.1, -0.05) is 52.0 Å². The number of fused-ring (bicyclic) bond motifs is 1. The molecule has 0 aliphatic heterocycles. The smallest absolute Gasteiger partial charge is 0.123 e. The molecule has 138 valence electrons. The highest BCUT2D eigenvalue weighted by atomic mass is 16.1. The summed E-state index contributed by atoms with van der Waals surface area (Å²) in [5, 5.41) is 0. The maximum absolute atomic E-state index is 11.4. The average molecular weight is 341 g/mol. The molecule has 0 aromatic carbocycles. The minimum Gasteiger partial charge on any atom is -0.303 e. The molecule has 3 saturated carbocycles. The third kappa shape index (κ3) is 3.44. The van der Waals surface area contributed by atoms with E-state index in [9.17, 15) is 4.79 Å². The zero-order valence-electron chi connectivity index (χ0n) is 16.7. The second-order valence-electron chi connectivity index (χ2n) is 9.50. The van der Waals surface area contributed by atoms with Crippen LogP contribution in [0.15, 0.2) is 35.5 Å². The van der Waals surface area contributed by atoms with Gasteiger partial charge in [0.2, 0.25) is 0 Å². The number of carbonyl (C=O) groups excluding carboxylic acids is 1. The molecule has 1 nitrogen and oxygen atoms in total. The molecule has 0 radical (unpaired) electrons. The summed E-state index contributed by atoms with van der Waals surface area (Å²) in [7, 11) is 0. The molecule has 0 aromatic heterocycles. The van der Waals surface area contributed by atoms with Crippen molar-refractivity contribution in [3.63, 3.8) is 0 Å². The summed E-state index contributed by atoms with van der Waals surface area (Å²) in [5.74, 6) is 2.83. The highest BCUT2D eigenvalue weighted by molar-refractivity contribution is 5.54. The first-order valence-corrected chi connectivity index (χ1v) is 10.4. The molecule has 3 aliphatic carbocycles. The quantitative estimate of drug-likeness (QED) is 0.535. The Morgan fingerprint density at radius 2 is 2.00 bits per heavy atom. The van der Waals surface area contributed by atoms with Crippen LogP contribution in [0.4, 0.5) is 0 Å². The number of allylic oxidation sites excluding steroid dienone is 5. The zero-order valence-corrected chi connectivity index (χ0v) is 16.7. The minimum absolute atomic E-state index is 0.201. The number of aldehydes is 1. The second-order valence-corrected chi connectivity index (χ2v) is 9.50. The fraction of sp³-hybridized carbons (Fsp3) is 0.708. The fourth-order valence-electron chi connectivity index (χ4n) is 6.27. The van der Waals surface area contributed by atoms with Gasteiger partial charge in [-0.3, -0.25) is 0 Å². The monoisotopic (exact) mass is 340 g/mol. The molecule has 0 amide bonds. The van der Waals surface area contributed by atoms with Gasteiger partial charge >= 0.3 is 0 Å². The molecular weight excluding hydrogens is 304 g/mol. The molecule has 3 rings (SSSR count). The lowest BCUT2D eigenvalue weighted by molar-refractivity contribution is -0.113. The number of hydrogen-bond acceptors (Lipinski definition) is 1. The predicted octanol–water partition coefficient (Wildman–Crippen LogP) is 6.51. The Morgan fingerprint density at radius 1 is 1.24 bits per heavy atom. The van der Waals surface area contributed by atoms with Crippen molar-refractivity contribution in [2.24, 2.45) is 35.0 Å². The zero-order chi connectivity index (χ0) is 18.2. The van der Waals surface area contributed by atoms with Gasteiger partial charge in [-0.15, -0.1) is 0 Å². The molecule has 2 unspecified atom stereocenters. The van der Waals surface area contributed by atoms with Gasteiger partial charge in [0.05, 0.1) is 0 Å². The molecule has 0 aromatic rings. The van der Waals surface area contributed by atoms with Gasteiger partial charge in [-0.2, -0.15) is 0 Å². The van der Waals surface area contributed by atoms with Gasteiger partial charge in [-0.05, 0) is 85.2 Å². The van der Waals surface area contributed by atoms with Crippen LogP contribution in [0.2, 0.25) is 0 Å². The van der Waals surface area contributed by atoms with E-state index < -0.39 is 0 Å². The predicted molar refractivity (Wildman–Crippen MR) is 106 cm³/mol. The van der Waals surface area contributed by atoms with Crippen LogP contribution in [0.25, 0.3) is 0 Å². The van der Waals surface area contributed by atoms with Gasteiger partial charge in [0.15, 0.2) is 0 Å². The first kappa shape index (κ1) is 18.7. The third-order valence-electron chi connectivity index (χ3n) is 7.72. The molecule has 0 heterocycles. The van der Waals surface area contributed by atoms with Crippen LogP contribution in [0, 0.1) is 35.0 Å². The Morgan fingerprint density at radius 3 is 2.72 bits per heavy atom. The lowest BCUT2D eigenvalue weighted by atomic mass is 9.61. The highest BCUT2D eigenvalue weighted by Gasteiger charge is 2.50. The van der Waals surface area contributed by atoms with E-state index in [1.54, 1.807) is 5.57 Å². The summed E-state index contributed by atoms with van der Waals surface area (Å²) in [5.41, 5.74) is 4.79. The summed E-state index contributed by atoms with van der Waals surface area (Å²) in [6.07, 6.45) is 14.8. The normalized spacial score (nSPS) is 43.3. The van der Waals surface area contributed by atoms with Crippen molar-refractivity contribution in [1.29, 1.82) is 0 Å². The van der Waals surface area contributed by atoms with Crippen LogP contribution in [0.1, 0.15) is 72.6 Å². The van der Waals surface area contributed by atoms with Crippen molar-refractivity contribution in [2.75, 3.05) is 0 Å². The summed E-state index contributed by atoms with van der Waals surface area (Å²) >= 11 is 0. The van der Waals surface area contributed by atoms with E-state index in [-0.39, 0.29) is 5.92 Å². The van der Waals surface area contributed by atoms with Crippen molar-refractivity contribution in [3.05, 3.63) is 35.5 Å². The fourth-order valence-corrected chi connectivity index (χ4v) is 6.27. The van der Waals surface area contributed by atoms with Crippen LogP contribution in [0.3, 0.4) is 0 Å². The highest BCUT2D eigenvalue weighted by Crippen LogP contribution is 2.59. The molecule has 3 fully saturated rings. The van der Waals surface area contributed by atoms with Gasteiger partial charge in [0, 0.05) is 5.92 Å². The number of hydrogen-bond donors (Lipinski definition) is 0. The van der Waals surface area contributed by atoms with Crippen LogP contribution < -0.4 is 0 Å². The van der Waals surface area contributed by atoms with E-state index in [0.717, 1.165) is 5.92 Å². The molecule has 1 heteroatoms. The molecule has 0 bridgehead atoms. The Hall–Kier alpha value is -1.11. The summed E-state index contributed by atoms with van der Waals surface area (Å²) in [6, 6.07) is 0. The van der Waals surface area contributed by atoms with Gasteiger partial charge in [0.25, 0.3) is 0 Å².